The van der Waals surface area contributed by atoms with Crippen LogP contribution < -0.4 is 4.74 Å². The normalized spacial score (nSPS) is 12.6. The fourth-order valence-electron chi connectivity index (χ4n) is 4.33. The molecule has 0 amide bonds. The fourth-order valence-corrected chi connectivity index (χ4v) is 6.98. The van der Waals surface area contributed by atoms with Gasteiger partial charge in [0.1, 0.15) is 11.5 Å². The number of phenolic OH excluding ortho intramolecular Hbond substituents is 1. The average Bonchev–Trinajstić information content (AvgIpc) is 2.74. The number of aliphatic carboxylic acids is 1. The standard InChI is InChI=1S/C32H46O5S2/c1-19(2)23-16-22(17-24(28(23)36)30(4,5)6)39-32(10,11)38-21-15-20(3)29(25(18-21)31(7,8)9)37-27(35)14-12-13-26(33)34/h15-19,36H,12-14H2,1-11H3,(H,33,34). The summed E-state index contributed by atoms with van der Waals surface area (Å²) in [5.74, 6) is -0.167. The second-order valence-electron chi connectivity index (χ2n) is 13.0. The van der Waals surface area contributed by atoms with Crippen LogP contribution >= 0.6 is 23.5 Å². The van der Waals surface area contributed by atoms with Crippen molar-refractivity contribution in [3.05, 3.63) is 46.5 Å². The largest absolute Gasteiger partial charge is 0.507 e. The number of thioether (sulfide) groups is 2. The molecule has 0 unspecified atom stereocenters. The molecule has 0 fully saturated rings. The number of benzene rings is 2. The van der Waals surface area contributed by atoms with Gasteiger partial charge in [-0.1, -0.05) is 55.4 Å². The van der Waals surface area contributed by atoms with Gasteiger partial charge in [0.2, 0.25) is 0 Å². The Hall–Kier alpha value is -2.12. The molecule has 0 heterocycles. The SMILES string of the molecule is Cc1cc(SC(C)(C)Sc2cc(C(C)C)c(O)c(C(C)(C)C)c2)cc(C(C)(C)C)c1OC(=O)CCCC(=O)O. The van der Waals surface area contributed by atoms with Crippen LogP contribution in [0.15, 0.2) is 34.1 Å². The van der Waals surface area contributed by atoms with Gasteiger partial charge in [-0.25, -0.2) is 0 Å². The van der Waals surface area contributed by atoms with E-state index >= 15 is 0 Å². The van der Waals surface area contributed by atoms with Crippen LogP contribution in [0.25, 0.3) is 0 Å². The minimum atomic E-state index is -0.918. The highest BCUT2D eigenvalue weighted by molar-refractivity contribution is 8.18. The van der Waals surface area contributed by atoms with Gasteiger partial charge < -0.3 is 14.9 Å². The number of carbonyl (C=O) groups is 2. The smallest absolute Gasteiger partial charge is 0.311 e. The van der Waals surface area contributed by atoms with E-state index < -0.39 is 11.9 Å². The number of aromatic hydroxyl groups is 1. The van der Waals surface area contributed by atoms with Crippen molar-refractivity contribution < 1.29 is 24.5 Å². The number of carboxylic acids is 1. The maximum Gasteiger partial charge on any atom is 0.311 e. The van der Waals surface area contributed by atoms with E-state index in [1.807, 2.05) is 6.92 Å². The van der Waals surface area contributed by atoms with Gasteiger partial charge in [-0.05, 0) is 79.3 Å². The van der Waals surface area contributed by atoms with E-state index in [2.05, 4.69) is 93.5 Å². The maximum atomic E-state index is 12.5. The maximum absolute atomic E-state index is 12.5. The third kappa shape index (κ3) is 9.49. The van der Waals surface area contributed by atoms with Crippen molar-refractivity contribution in [2.45, 2.75) is 126 Å². The molecule has 216 valence electrons. The number of rotatable bonds is 10. The molecule has 0 spiro atoms. The zero-order valence-corrected chi connectivity index (χ0v) is 27.1. The predicted octanol–water partition coefficient (Wildman–Crippen LogP) is 9.20. The summed E-state index contributed by atoms with van der Waals surface area (Å²) in [5.41, 5.74) is 3.29. The van der Waals surface area contributed by atoms with E-state index in [1.165, 1.54) is 0 Å². The molecule has 0 aliphatic rings. The fraction of sp³-hybridized carbons (Fsp3) is 0.562. The topological polar surface area (TPSA) is 83.8 Å². The highest BCUT2D eigenvalue weighted by Gasteiger charge is 2.29. The molecule has 0 saturated heterocycles. The lowest BCUT2D eigenvalue weighted by molar-refractivity contribution is -0.137. The molecule has 2 aromatic rings. The van der Waals surface area contributed by atoms with Gasteiger partial charge in [-0.15, -0.1) is 23.5 Å². The highest BCUT2D eigenvalue weighted by atomic mass is 32.2. The monoisotopic (exact) mass is 574 g/mol. The van der Waals surface area contributed by atoms with Gasteiger partial charge >= 0.3 is 11.9 Å². The molecular weight excluding hydrogens is 528 g/mol. The van der Waals surface area contributed by atoms with Crippen LogP contribution in [-0.4, -0.2) is 26.2 Å². The summed E-state index contributed by atoms with van der Waals surface area (Å²) in [5, 5.41) is 19.8. The summed E-state index contributed by atoms with van der Waals surface area (Å²) in [4.78, 5) is 25.5. The third-order valence-electron chi connectivity index (χ3n) is 6.31. The molecule has 2 rings (SSSR count). The molecule has 0 bridgehead atoms. The number of hydrogen-bond donors (Lipinski definition) is 2. The summed E-state index contributed by atoms with van der Waals surface area (Å²) in [7, 11) is 0. The van der Waals surface area contributed by atoms with Gasteiger partial charge in [0.15, 0.2) is 0 Å². The summed E-state index contributed by atoms with van der Waals surface area (Å²) >= 11 is 3.53. The van der Waals surface area contributed by atoms with Gasteiger partial charge in [-0.2, -0.15) is 0 Å². The summed E-state index contributed by atoms with van der Waals surface area (Å²) in [6.45, 7) is 23.2. The lowest BCUT2D eigenvalue weighted by atomic mass is 9.84. The summed E-state index contributed by atoms with van der Waals surface area (Å²) in [6.07, 6.45) is 0.265. The van der Waals surface area contributed by atoms with E-state index in [0.29, 0.717) is 11.5 Å². The quantitative estimate of drug-likeness (QED) is 0.127. The Bertz CT molecular complexity index is 1200. The molecule has 2 N–H and O–H groups in total. The van der Waals surface area contributed by atoms with Crippen LogP contribution in [0.3, 0.4) is 0 Å². The number of ether oxygens (including phenoxy) is 1. The van der Waals surface area contributed by atoms with Crippen LogP contribution in [0.2, 0.25) is 0 Å². The Kier molecular flexibility index (Phi) is 10.7. The molecule has 7 heteroatoms. The van der Waals surface area contributed by atoms with E-state index in [1.54, 1.807) is 23.5 Å². The lowest BCUT2D eigenvalue weighted by Crippen LogP contribution is -2.18. The molecule has 0 radical (unpaired) electrons. The Morgan fingerprint density at radius 2 is 1.36 bits per heavy atom. The van der Waals surface area contributed by atoms with E-state index in [4.69, 9.17) is 9.84 Å². The van der Waals surface area contributed by atoms with E-state index in [-0.39, 0.29) is 40.1 Å². The van der Waals surface area contributed by atoms with Crippen LogP contribution in [0, 0.1) is 6.92 Å². The molecule has 0 atom stereocenters. The molecule has 0 aliphatic heterocycles. The predicted molar refractivity (Wildman–Crippen MR) is 164 cm³/mol. The zero-order valence-electron chi connectivity index (χ0n) is 25.4. The summed E-state index contributed by atoms with van der Waals surface area (Å²) in [6, 6.07) is 8.39. The number of carboxylic acid groups (broad SMARTS) is 1. The first-order valence-electron chi connectivity index (χ1n) is 13.5. The van der Waals surface area contributed by atoms with Crippen LogP contribution in [0.1, 0.15) is 117 Å². The Morgan fingerprint density at radius 3 is 1.85 bits per heavy atom. The lowest BCUT2D eigenvalue weighted by Gasteiger charge is -2.29. The van der Waals surface area contributed by atoms with Crippen molar-refractivity contribution in [2.75, 3.05) is 0 Å². The Morgan fingerprint density at radius 1 is 0.846 bits per heavy atom. The van der Waals surface area contributed by atoms with Crippen molar-refractivity contribution in [2.24, 2.45) is 0 Å². The molecule has 0 saturated carbocycles. The van der Waals surface area contributed by atoms with E-state index in [0.717, 1.165) is 32.0 Å². The van der Waals surface area contributed by atoms with Crippen LogP contribution in [-0.2, 0) is 20.4 Å². The highest BCUT2D eigenvalue weighted by Crippen LogP contribution is 2.49. The van der Waals surface area contributed by atoms with Crippen molar-refractivity contribution in [1.29, 1.82) is 0 Å². The van der Waals surface area contributed by atoms with Crippen molar-refractivity contribution in [3.8, 4) is 11.5 Å². The second-order valence-corrected chi connectivity index (χ2v) is 16.7. The molecular formula is C32H46O5S2. The van der Waals surface area contributed by atoms with Gasteiger partial charge in [0.05, 0.1) is 4.08 Å². The third-order valence-corrected chi connectivity index (χ3v) is 8.74. The van der Waals surface area contributed by atoms with Crippen LogP contribution in [0.5, 0.6) is 11.5 Å². The van der Waals surface area contributed by atoms with Crippen LogP contribution in [0.4, 0.5) is 0 Å². The van der Waals surface area contributed by atoms with Gasteiger partial charge in [0.25, 0.3) is 0 Å². The minimum Gasteiger partial charge on any atom is -0.507 e. The van der Waals surface area contributed by atoms with Gasteiger partial charge in [-0.3, -0.25) is 9.59 Å². The number of aryl methyl sites for hydroxylation is 1. The zero-order chi connectivity index (χ0) is 29.9. The minimum absolute atomic E-state index is 0.0561. The molecule has 39 heavy (non-hydrogen) atoms. The number of phenols is 1. The number of hydrogen-bond acceptors (Lipinski definition) is 6. The van der Waals surface area contributed by atoms with Crippen molar-refractivity contribution in [1.82, 2.24) is 0 Å². The Labute approximate surface area is 243 Å². The molecule has 0 aromatic heterocycles. The van der Waals surface area contributed by atoms with Crippen molar-refractivity contribution in [3.63, 3.8) is 0 Å². The van der Waals surface area contributed by atoms with Crippen molar-refractivity contribution >= 4 is 35.5 Å². The summed E-state index contributed by atoms with van der Waals surface area (Å²) < 4.78 is 5.56. The molecule has 2 aromatic carbocycles. The number of carbonyl (C=O) groups excluding carboxylic acids is 1. The van der Waals surface area contributed by atoms with E-state index in [9.17, 15) is 14.7 Å². The first-order chi connectivity index (χ1) is 17.7. The molecule has 5 nitrogen and oxygen atoms in total. The second kappa shape index (κ2) is 12.6. The average molecular weight is 575 g/mol. The first kappa shape index (κ1) is 33.1. The molecule has 0 aliphatic carbocycles. The Balaban J connectivity index is 2.38. The number of esters is 1. The first-order valence-corrected chi connectivity index (χ1v) is 15.2. The van der Waals surface area contributed by atoms with Gasteiger partial charge in [0, 0.05) is 33.8 Å².